The van der Waals surface area contributed by atoms with Gasteiger partial charge >= 0.3 is 0 Å². The molecule has 2 aromatic rings. The van der Waals surface area contributed by atoms with Crippen LogP contribution in [0.3, 0.4) is 0 Å². The molecule has 2 aromatic carbocycles. The Hall–Kier alpha value is -1.61. The Morgan fingerprint density at radius 1 is 0.875 bits per heavy atom. The lowest BCUT2D eigenvalue weighted by Gasteiger charge is -2.01. The van der Waals surface area contributed by atoms with E-state index >= 15 is 0 Å². The molecule has 0 saturated heterocycles. The van der Waals surface area contributed by atoms with E-state index in [9.17, 15) is 4.79 Å². The molecule has 16 heavy (non-hydrogen) atoms. The van der Waals surface area contributed by atoms with Crippen LogP contribution in [0.15, 0.2) is 54.6 Å². The third kappa shape index (κ3) is 2.31. The minimum absolute atomic E-state index is 0.0155. The number of ketones is 1. The lowest BCUT2D eigenvalue weighted by Crippen LogP contribution is -2.00. The van der Waals surface area contributed by atoms with Gasteiger partial charge in [0.1, 0.15) is 5.75 Å². The summed E-state index contributed by atoms with van der Waals surface area (Å²) in [5.41, 5.74) is 1.34. The molecule has 0 aliphatic heterocycles. The fourth-order valence-corrected chi connectivity index (χ4v) is 1.63. The number of benzene rings is 2. The fourth-order valence-electron chi connectivity index (χ4n) is 1.41. The van der Waals surface area contributed by atoms with E-state index in [1.807, 2.05) is 18.2 Å². The third-order valence-corrected chi connectivity index (χ3v) is 2.62. The van der Waals surface area contributed by atoms with E-state index in [1.54, 1.807) is 36.4 Å². The van der Waals surface area contributed by atoms with Gasteiger partial charge in [0.15, 0.2) is 22.0 Å². The number of hydrogen-bond donors (Lipinski definition) is 0. The highest BCUT2D eigenvalue weighted by Crippen LogP contribution is 2.16. The smallest absolute Gasteiger partial charge is 0.193 e. The molecule has 0 N–H and O–H groups in total. The molecular weight excluding hydrogens is 268 g/mol. The molecule has 0 aromatic heterocycles. The minimum Gasteiger partial charge on any atom is -0.418 e. The van der Waals surface area contributed by atoms with Gasteiger partial charge < -0.3 is 3.83 Å². The monoisotopic (exact) mass is 276 g/mol. The van der Waals surface area contributed by atoms with Crippen LogP contribution in [0.4, 0.5) is 0 Å². The average molecular weight is 277 g/mol. The second-order valence-corrected chi connectivity index (χ2v) is 3.62. The summed E-state index contributed by atoms with van der Waals surface area (Å²) in [4.78, 5) is 12.0. The van der Waals surface area contributed by atoms with Crippen LogP contribution in [0.25, 0.3) is 0 Å². The first kappa shape index (κ1) is 10.9. The van der Waals surface area contributed by atoms with Gasteiger partial charge in [-0.15, -0.1) is 0 Å². The Morgan fingerprint density at radius 2 is 1.44 bits per heavy atom. The summed E-state index contributed by atoms with van der Waals surface area (Å²) < 4.78 is 4.86. The molecule has 2 rings (SSSR count). The van der Waals surface area contributed by atoms with Crippen molar-refractivity contribution < 1.29 is 8.62 Å². The molecule has 0 aliphatic carbocycles. The van der Waals surface area contributed by atoms with E-state index < -0.39 is 0 Å². The van der Waals surface area contributed by atoms with E-state index in [-0.39, 0.29) is 5.78 Å². The number of halogens is 1. The van der Waals surface area contributed by atoms with Crippen LogP contribution >= 0.6 is 16.3 Å². The average Bonchev–Trinajstić information content (AvgIpc) is 2.39. The van der Waals surface area contributed by atoms with Crippen molar-refractivity contribution in [2.24, 2.45) is 0 Å². The molecule has 0 saturated carbocycles. The Morgan fingerprint density at radius 3 is 2.00 bits per heavy atom. The van der Waals surface area contributed by atoms with Crippen molar-refractivity contribution in [3.8, 4) is 5.75 Å². The summed E-state index contributed by atoms with van der Waals surface area (Å²) in [5.74, 6) is 0.686. The lowest BCUT2D eigenvalue weighted by atomic mass is 10.0. The quantitative estimate of drug-likeness (QED) is 0.801. The first-order valence-corrected chi connectivity index (χ1v) is 5.44. The standard InChI is InChI=1S/C13H9BrO2/c14-16-12-8-6-11(7-9-12)13(15)10-4-2-1-3-5-10/h1-9H. The van der Waals surface area contributed by atoms with Crippen LogP contribution < -0.4 is 3.83 Å². The molecule has 0 aliphatic rings. The van der Waals surface area contributed by atoms with Gasteiger partial charge in [-0.3, -0.25) is 4.79 Å². The van der Waals surface area contributed by atoms with Crippen molar-refractivity contribution in [1.29, 1.82) is 0 Å². The second-order valence-electron chi connectivity index (χ2n) is 3.30. The first-order chi connectivity index (χ1) is 7.81. The van der Waals surface area contributed by atoms with Crippen molar-refractivity contribution in [2.45, 2.75) is 0 Å². The first-order valence-electron chi connectivity index (χ1n) is 4.79. The highest BCUT2D eigenvalue weighted by molar-refractivity contribution is 9.06. The van der Waals surface area contributed by atoms with E-state index in [0.29, 0.717) is 16.9 Å². The number of carbonyl (C=O) groups excluding carboxylic acids is 1. The summed E-state index contributed by atoms with van der Waals surface area (Å²) >= 11 is 2.88. The number of rotatable bonds is 3. The predicted octanol–water partition coefficient (Wildman–Crippen LogP) is 3.61. The second kappa shape index (κ2) is 4.94. The normalized spacial score (nSPS) is 9.81. The maximum atomic E-state index is 12.0. The van der Waals surface area contributed by atoms with Crippen molar-refractivity contribution in [2.75, 3.05) is 0 Å². The molecular formula is C13H9BrO2. The largest absolute Gasteiger partial charge is 0.418 e. The molecule has 0 spiro atoms. The van der Waals surface area contributed by atoms with Gasteiger partial charge in [0.05, 0.1) is 0 Å². The van der Waals surface area contributed by atoms with E-state index in [4.69, 9.17) is 3.83 Å². The molecule has 0 heterocycles. The van der Waals surface area contributed by atoms with Crippen LogP contribution in [0.5, 0.6) is 5.75 Å². The molecule has 2 nitrogen and oxygen atoms in total. The highest BCUT2D eigenvalue weighted by Gasteiger charge is 2.07. The molecule has 0 radical (unpaired) electrons. The summed E-state index contributed by atoms with van der Waals surface area (Å²) in [6.07, 6.45) is 0. The van der Waals surface area contributed by atoms with Gasteiger partial charge in [0.25, 0.3) is 0 Å². The van der Waals surface area contributed by atoms with Gasteiger partial charge in [-0.2, -0.15) is 0 Å². The van der Waals surface area contributed by atoms with Crippen LogP contribution in [-0.2, 0) is 0 Å². The molecule has 0 fully saturated rings. The van der Waals surface area contributed by atoms with Gasteiger partial charge in [-0.1, -0.05) is 30.3 Å². The van der Waals surface area contributed by atoms with Crippen LogP contribution in [-0.4, -0.2) is 5.78 Å². The summed E-state index contributed by atoms with van der Waals surface area (Å²) in [7, 11) is 0. The van der Waals surface area contributed by atoms with Gasteiger partial charge in [0.2, 0.25) is 0 Å². The lowest BCUT2D eigenvalue weighted by molar-refractivity contribution is 0.103. The minimum atomic E-state index is 0.0155. The molecule has 0 bridgehead atoms. The van der Waals surface area contributed by atoms with Crippen LogP contribution in [0, 0.1) is 0 Å². The van der Waals surface area contributed by atoms with Crippen molar-refractivity contribution in [1.82, 2.24) is 0 Å². The maximum Gasteiger partial charge on any atom is 0.193 e. The van der Waals surface area contributed by atoms with Crippen molar-refractivity contribution in [3.63, 3.8) is 0 Å². The summed E-state index contributed by atoms with van der Waals surface area (Å²) in [6.45, 7) is 0. The van der Waals surface area contributed by atoms with Gasteiger partial charge in [-0.25, -0.2) is 0 Å². The SMILES string of the molecule is O=C(c1ccccc1)c1ccc(OBr)cc1. The van der Waals surface area contributed by atoms with Gasteiger partial charge in [0, 0.05) is 11.1 Å². The zero-order chi connectivity index (χ0) is 11.4. The molecule has 0 amide bonds. The van der Waals surface area contributed by atoms with Crippen molar-refractivity contribution in [3.05, 3.63) is 65.7 Å². The van der Waals surface area contributed by atoms with E-state index in [1.165, 1.54) is 0 Å². The van der Waals surface area contributed by atoms with E-state index in [2.05, 4.69) is 16.3 Å². The van der Waals surface area contributed by atoms with Crippen LogP contribution in [0.2, 0.25) is 0 Å². The topological polar surface area (TPSA) is 26.3 Å². The molecule has 3 heteroatoms. The van der Waals surface area contributed by atoms with E-state index in [0.717, 1.165) is 0 Å². The molecule has 0 atom stereocenters. The zero-order valence-electron chi connectivity index (χ0n) is 8.39. The number of hydrogen-bond acceptors (Lipinski definition) is 2. The third-order valence-electron chi connectivity index (χ3n) is 2.24. The Labute approximate surface area is 102 Å². The van der Waals surface area contributed by atoms with Gasteiger partial charge in [-0.05, 0) is 24.3 Å². The summed E-state index contributed by atoms with van der Waals surface area (Å²) in [5, 5.41) is 0. The number of carbonyl (C=O) groups is 1. The van der Waals surface area contributed by atoms with Crippen molar-refractivity contribution >= 4 is 22.0 Å². The Balaban J connectivity index is 2.28. The Bertz CT molecular complexity index is 477. The fraction of sp³-hybridized carbons (Fsp3) is 0. The molecule has 80 valence electrons. The van der Waals surface area contributed by atoms with Crippen LogP contribution in [0.1, 0.15) is 15.9 Å². The zero-order valence-corrected chi connectivity index (χ0v) is 9.98. The molecule has 0 unspecified atom stereocenters. The predicted molar refractivity (Wildman–Crippen MR) is 65.9 cm³/mol. The maximum absolute atomic E-state index is 12.0. The Kier molecular flexibility index (Phi) is 3.37. The highest BCUT2D eigenvalue weighted by atomic mass is 79.9. The summed E-state index contributed by atoms with van der Waals surface area (Å²) in [6, 6.07) is 16.2.